The van der Waals surface area contributed by atoms with E-state index >= 15 is 0 Å². The molecule has 1 aliphatic rings. The number of carbonyl (C=O) groups excluding carboxylic acids is 1. The molecule has 0 aliphatic carbocycles. The van der Waals surface area contributed by atoms with Gasteiger partial charge >= 0.3 is 0 Å². The number of carbonyl (C=O) groups is 1. The quantitative estimate of drug-likeness (QED) is 0.919. The number of thioether (sulfide) groups is 1. The van der Waals surface area contributed by atoms with Gasteiger partial charge in [-0.2, -0.15) is 11.8 Å². The number of rotatable bonds is 4. The normalized spacial score (nSPS) is 19.8. The minimum Gasteiger partial charge on any atom is -0.341 e. The Balaban J connectivity index is 1.83. The van der Waals surface area contributed by atoms with Gasteiger partial charge in [-0.1, -0.05) is 0 Å². The molecular weight excluding hydrogens is 264 g/mol. The maximum atomic E-state index is 12.1. The molecule has 0 aromatic carbocycles. The van der Waals surface area contributed by atoms with Gasteiger partial charge in [0.25, 0.3) is 0 Å². The van der Waals surface area contributed by atoms with Crippen LogP contribution < -0.4 is 5.32 Å². The van der Waals surface area contributed by atoms with Crippen molar-refractivity contribution in [1.82, 2.24) is 10.2 Å². The van der Waals surface area contributed by atoms with E-state index in [4.69, 9.17) is 0 Å². The molecule has 2 rings (SSSR count). The van der Waals surface area contributed by atoms with Crippen LogP contribution in [0.1, 0.15) is 16.9 Å². The van der Waals surface area contributed by atoms with Crippen molar-refractivity contribution in [2.24, 2.45) is 0 Å². The minimum absolute atomic E-state index is 0.239. The van der Waals surface area contributed by atoms with E-state index in [1.54, 1.807) is 11.3 Å². The zero-order valence-corrected chi connectivity index (χ0v) is 12.6. The van der Waals surface area contributed by atoms with Gasteiger partial charge in [0.05, 0.1) is 6.54 Å². The molecule has 0 spiro atoms. The number of aryl methyl sites for hydroxylation is 1. The van der Waals surface area contributed by atoms with Gasteiger partial charge in [0, 0.05) is 42.4 Å². The average molecular weight is 284 g/mol. The molecule has 1 aromatic rings. The predicted octanol–water partition coefficient (Wildman–Crippen LogP) is 2.11. The van der Waals surface area contributed by atoms with Gasteiger partial charge in [0.2, 0.25) is 5.91 Å². The second kappa shape index (κ2) is 6.59. The van der Waals surface area contributed by atoms with Gasteiger partial charge < -0.3 is 10.2 Å². The van der Waals surface area contributed by atoms with Gasteiger partial charge in [-0.25, -0.2) is 0 Å². The first-order valence-corrected chi connectivity index (χ1v) is 8.28. The summed E-state index contributed by atoms with van der Waals surface area (Å²) in [7, 11) is 1.90. The lowest BCUT2D eigenvalue weighted by Gasteiger charge is -2.25. The summed E-state index contributed by atoms with van der Waals surface area (Å²) in [6, 6.07) is 2.46. The van der Waals surface area contributed by atoms with Crippen LogP contribution in [0.3, 0.4) is 0 Å². The van der Waals surface area contributed by atoms with Crippen molar-refractivity contribution in [2.45, 2.75) is 25.9 Å². The number of nitrogens with one attached hydrogen (secondary N) is 1. The average Bonchev–Trinajstić information content (AvgIpc) is 2.76. The highest BCUT2D eigenvalue weighted by Gasteiger charge is 2.19. The van der Waals surface area contributed by atoms with Crippen molar-refractivity contribution in [1.29, 1.82) is 0 Å². The Bertz CT molecular complexity index is 399. The Morgan fingerprint density at radius 3 is 3.06 bits per heavy atom. The summed E-state index contributed by atoms with van der Waals surface area (Å²) in [5, 5.41) is 5.50. The van der Waals surface area contributed by atoms with Crippen LogP contribution in [0.15, 0.2) is 11.4 Å². The van der Waals surface area contributed by atoms with E-state index in [-0.39, 0.29) is 5.91 Å². The molecule has 5 heteroatoms. The van der Waals surface area contributed by atoms with Crippen LogP contribution in [0.4, 0.5) is 0 Å². The van der Waals surface area contributed by atoms with E-state index in [1.165, 1.54) is 10.4 Å². The number of amides is 1. The summed E-state index contributed by atoms with van der Waals surface area (Å²) < 4.78 is 0. The Morgan fingerprint density at radius 1 is 1.61 bits per heavy atom. The molecule has 0 radical (unpaired) electrons. The molecule has 1 saturated heterocycles. The van der Waals surface area contributed by atoms with Crippen molar-refractivity contribution in [3.63, 3.8) is 0 Å². The molecular formula is C13H20N2OS2. The molecule has 0 bridgehead atoms. The van der Waals surface area contributed by atoms with Crippen LogP contribution in [0.5, 0.6) is 0 Å². The summed E-state index contributed by atoms with van der Waals surface area (Å²) in [5.74, 6) is 2.45. The summed E-state index contributed by atoms with van der Waals surface area (Å²) in [6.07, 6.45) is 0.619. The summed E-state index contributed by atoms with van der Waals surface area (Å²) in [4.78, 5) is 15.3. The molecule has 1 atom stereocenters. The highest BCUT2D eigenvalue weighted by atomic mass is 32.2. The SMILES string of the molecule is Cc1ccsc1CN(C)C(=O)CC1CSCCN1. The summed E-state index contributed by atoms with van der Waals surface area (Å²) >= 11 is 3.66. The molecule has 18 heavy (non-hydrogen) atoms. The molecule has 1 aromatic heterocycles. The molecule has 1 amide bonds. The van der Waals surface area contributed by atoms with Gasteiger partial charge in [-0.3, -0.25) is 4.79 Å². The monoisotopic (exact) mass is 284 g/mol. The van der Waals surface area contributed by atoms with Crippen molar-refractivity contribution >= 4 is 29.0 Å². The Labute approximate surface area is 117 Å². The van der Waals surface area contributed by atoms with E-state index < -0.39 is 0 Å². The molecule has 0 saturated carbocycles. The zero-order valence-electron chi connectivity index (χ0n) is 10.9. The fourth-order valence-corrected chi connectivity index (χ4v) is 3.89. The number of thiophene rings is 1. The highest BCUT2D eigenvalue weighted by molar-refractivity contribution is 7.99. The van der Waals surface area contributed by atoms with Gasteiger partial charge in [-0.15, -0.1) is 11.3 Å². The lowest BCUT2D eigenvalue weighted by Crippen LogP contribution is -2.41. The molecule has 1 N–H and O–H groups in total. The maximum absolute atomic E-state index is 12.1. The number of nitrogens with zero attached hydrogens (tertiary/aromatic N) is 1. The molecule has 2 heterocycles. The second-order valence-corrected chi connectivity index (χ2v) is 6.86. The summed E-state index contributed by atoms with van der Waals surface area (Å²) in [5.41, 5.74) is 1.28. The third-order valence-electron chi connectivity index (χ3n) is 3.19. The van der Waals surface area contributed by atoms with Crippen LogP contribution in [-0.2, 0) is 11.3 Å². The smallest absolute Gasteiger partial charge is 0.224 e. The van der Waals surface area contributed by atoms with Crippen LogP contribution in [0.25, 0.3) is 0 Å². The molecule has 3 nitrogen and oxygen atoms in total. The molecule has 1 aliphatic heterocycles. The fraction of sp³-hybridized carbons (Fsp3) is 0.615. The van der Waals surface area contributed by atoms with E-state index in [1.807, 2.05) is 23.7 Å². The topological polar surface area (TPSA) is 32.3 Å². The Kier molecular flexibility index (Phi) is 5.09. The lowest BCUT2D eigenvalue weighted by atomic mass is 10.2. The first-order chi connectivity index (χ1) is 8.66. The molecule has 1 fully saturated rings. The molecule has 1 unspecified atom stereocenters. The second-order valence-electron chi connectivity index (χ2n) is 4.71. The van der Waals surface area contributed by atoms with Crippen LogP contribution in [0, 0.1) is 6.92 Å². The Morgan fingerprint density at radius 2 is 2.44 bits per heavy atom. The number of hydrogen-bond donors (Lipinski definition) is 1. The maximum Gasteiger partial charge on any atom is 0.224 e. The van der Waals surface area contributed by atoms with Crippen molar-refractivity contribution in [3.05, 3.63) is 21.9 Å². The van der Waals surface area contributed by atoms with Crippen molar-refractivity contribution in [3.8, 4) is 0 Å². The van der Waals surface area contributed by atoms with Crippen LogP contribution >= 0.6 is 23.1 Å². The zero-order chi connectivity index (χ0) is 13.0. The standard InChI is InChI=1S/C13H20N2OS2/c1-10-3-5-18-12(10)8-15(2)13(16)7-11-9-17-6-4-14-11/h3,5,11,14H,4,6-9H2,1-2H3. The van der Waals surface area contributed by atoms with E-state index in [0.29, 0.717) is 12.5 Å². The van der Waals surface area contributed by atoms with Crippen molar-refractivity contribution in [2.75, 3.05) is 25.1 Å². The summed E-state index contributed by atoms with van der Waals surface area (Å²) in [6.45, 7) is 3.86. The highest BCUT2D eigenvalue weighted by Crippen LogP contribution is 2.18. The fourth-order valence-electron chi connectivity index (χ4n) is 1.99. The molecule has 100 valence electrons. The third kappa shape index (κ3) is 3.73. The predicted molar refractivity (Wildman–Crippen MR) is 79.3 cm³/mol. The van der Waals surface area contributed by atoms with Gasteiger partial charge in [0.15, 0.2) is 0 Å². The first-order valence-electron chi connectivity index (χ1n) is 6.25. The minimum atomic E-state index is 0.239. The van der Waals surface area contributed by atoms with Crippen LogP contribution in [0.2, 0.25) is 0 Å². The van der Waals surface area contributed by atoms with E-state index in [0.717, 1.165) is 24.6 Å². The van der Waals surface area contributed by atoms with Crippen molar-refractivity contribution < 1.29 is 4.79 Å². The Hall–Kier alpha value is -0.520. The van der Waals surface area contributed by atoms with Crippen LogP contribution in [-0.4, -0.2) is 41.9 Å². The third-order valence-corrected chi connectivity index (χ3v) is 5.33. The largest absolute Gasteiger partial charge is 0.341 e. The first kappa shape index (κ1) is 13.9. The lowest BCUT2D eigenvalue weighted by molar-refractivity contribution is -0.130. The van der Waals surface area contributed by atoms with E-state index in [9.17, 15) is 4.79 Å². The van der Waals surface area contributed by atoms with Gasteiger partial charge in [-0.05, 0) is 23.9 Å². The number of hydrogen-bond acceptors (Lipinski definition) is 4. The van der Waals surface area contributed by atoms with Gasteiger partial charge in [0.1, 0.15) is 0 Å². The van der Waals surface area contributed by atoms with E-state index in [2.05, 4.69) is 23.7 Å².